The highest BCUT2D eigenvalue weighted by atomic mass is 16.7. The molecule has 0 N–H and O–H groups in total. The monoisotopic (exact) mass is 190 g/mol. The lowest BCUT2D eigenvalue weighted by Crippen LogP contribution is -2.26. The molecule has 1 amide bonds. The molecule has 76 valence electrons. The summed E-state index contributed by atoms with van der Waals surface area (Å²) in [5.74, 6) is -0.254. The first-order valence-corrected chi connectivity index (χ1v) is 3.62. The molecule has 0 saturated heterocycles. The molecule has 0 aromatic carbocycles. The minimum Gasteiger partial charge on any atom is -0.569 e. The fraction of sp³-hybridized carbons (Fsp3) is 0.833. The predicted octanol–water partition coefficient (Wildman–Crippen LogP) is -0.555. The third-order valence-electron chi connectivity index (χ3n) is 1.16. The second-order valence-electron chi connectivity index (χ2n) is 2.74. The van der Waals surface area contributed by atoms with Gasteiger partial charge in [-0.25, -0.2) is 0 Å². The van der Waals surface area contributed by atoms with E-state index in [0.717, 1.165) is 0 Å². The lowest BCUT2D eigenvalue weighted by atomic mass is 10.6. The van der Waals surface area contributed by atoms with Gasteiger partial charge in [0, 0.05) is 14.1 Å². The van der Waals surface area contributed by atoms with E-state index in [9.17, 15) is 10.0 Å². The Hall–Kier alpha value is -1.53. The van der Waals surface area contributed by atoms with Crippen LogP contribution in [-0.4, -0.2) is 55.6 Å². The summed E-state index contributed by atoms with van der Waals surface area (Å²) in [4.78, 5) is 17.0. The summed E-state index contributed by atoms with van der Waals surface area (Å²) in [7, 11) is 6.19. The van der Waals surface area contributed by atoms with E-state index in [0.29, 0.717) is 0 Å². The standard InChI is InChI=1S/C6H14N4O3/c1-8(2)6(11)5-13-7-10(12)9(3)4/h5H2,1-4H3. The van der Waals surface area contributed by atoms with Gasteiger partial charge in [-0.05, 0) is 0 Å². The van der Waals surface area contributed by atoms with Crippen molar-refractivity contribution in [1.29, 1.82) is 0 Å². The maximum Gasteiger partial charge on any atom is 0.263 e. The number of carbonyl (C=O) groups is 1. The minimum atomic E-state index is -0.254. The van der Waals surface area contributed by atoms with Crippen LogP contribution in [0.5, 0.6) is 0 Å². The predicted molar refractivity (Wildman–Crippen MR) is 44.4 cm³/mol. The third kappa shape index (κ3) is 4.83. The normalized spacial score (nSPS) is 10.9. The van der Waals surface area contributed by atoms with Crippen LogP contribution in [0.4, 0.5) is 0 Å². The van der Waals surface area contributed by atoms with Crippen LogP contribution in [0.1, 0.15) is 0 Å². The Morgan fingerprint density at radius 2 is 2.00 bits per heavy atom. The van der Waals surface area contributed by atoms with Gasteiger partial charge in [-0.2, -0.15) is 5.01 Å². The molecule has 0 heterocycles. The summed E-state index contributed by atoms with van der Waals surface area (Å²) < 4.78 is 0. The maximum absolute atomic E-state index is 10.9. The van der Waals surface area contributed by atoms with Crippen molar-refractivity contribution in [2.75, 3.05) is 34.8 Å². The summed E-state index contributed by atoms with van der Waals surface area (Å²) in [5.41, 5.74) is 0. The van der Waals surface area contributed by atoms with E-state index in [-0.39, 0.29) is 17.5 Å². The Kier molecular flexibility index (Phi) is 4.57. The van der Waals surface area contributed by atoms with Crippen molar-refractivity contribution < 1.29 is 14.6 Å². The smallest absolute Gasteiger partial charge is 0.263 e. The zero-order valence-electron chi connectivity index (χ0n) is 8.22. The Morgan fingerprint density at radius 1 is 1.46 bits per heavy atom. The lowest BCUT2D eigenvalue weighted by Gasteiger charge is -2.08. The van der Waals surface area contributed by atoms with Crippen molar-refractivity contribution >= 4 is 5.91 Å². The van der Waals surface area contributed by atoms with Crippen LogP contribution in [0.2, 0.25) is 0 Å². The average Bonchev–Trinajstić information content (AvgIpc) is 2.03. The molecule has 13 heavy (non-hydrogen) atoms. The van der Waals surface area contributed by atoms with Gasteiger partial charge in [-0.3, -0.25) is 4.79 Å². The molecule has 0 aromatic heterocycles. The van der Waals surface area contributed by atoms with Gasteiger partial charge in [0.1, 0.15) is 0 Å². The largest absolute Gasteiger partial charge is 0.569 e. The summed E-state index contributed by atoms with van der Waals surface area (Å²) >= 11 is 0. The summed E-state index contributed by atoms with van der Waals surface area (Å²) in [6.45, 7) is -0.237. The molecule has 0 bridgehead atoms. The summed E-state index contributed by atoms with van der Waals surface area (Å²) in [5, 5.41) is 15.0. The second kappa shape index (κ2) is 5.18. The van der Waals surface area contributed by atoms with Gasteiger partial charge in [0.15, 0.2) is 0 Å². The van der Waals surface area contributed by atoms with E-state index in [1.54, 1.807) is 14.1 Å². The molecular formula is C6H14N4O3. The SMILES string of the molecule is CN(C)C(=O)CON=[N+]([O-])N(C)C. The molecule has 0 atom stereocenters. The second-order valence-corrected chi connectivity index (χ2v) is 2.74. The van der Waals surface area contributed by atoms with Crippen LogP contribution in [0.15, 0.2) is 5.28 Å². The minimum absolute atomic E-state index is 0.237. The molecule has 0 saturated carbocycles. The van der Waals surface area contributed by atoms with Crippen molar-refractivity contribution in [2.45, 2.75) is 0 Å². The first-order valence-electron chi connectivity index (χ1n) is 3.62. The molecule has 0 aliphatic rings. The molecular weight excluding hydrogens is 176 g/mol. The Balaban J connectivity index is 3.79. The topological polar surface area (TPSA) is 71.2 Å². The maximum atomic E-state index is 10.9. The van der Waals surface area contributed by atoms with Crippen LogP contribution in [0.25, 0.3) is 0 Å². The summed E-state index contributed by atoms with van der Waals surface area (Å²) in [6, 6.07) is 0. The number of likely N-dealkylation sites (N-methyl/N-ethyl adjacent to an activating group) is 1. The molecule has 0 unspecified atom stereocenters. The third-order valence-corrected chi connectivity index (χ3v) is 1.16. The van der Waals surface area contributed by atoms with Crippen LogP contribution in [-0.2, 0) is 9.63 Å². The van der Waals surface area contributed by atoms with E-state index in [1.807, 2.05) is 0 Å². The molecule has 0 rings (SSSR count). The average molecular weight is 190 g/mol. The molecule has 0 radical (unpaired) electrons. The number of rotatable bonds is 4. The van der Waals surface area contributed by atoms with Crippen LogP contribution in [0.3, 0.4) is 0 Å². The lowest BCUT2D eigenvalue weighted by molar-refractivity contribution is -0.699. The number of hydrogen-bond acceptors (Lipinski definition) is 4. The molecule has 0 aliphatic heterocycles. The zero-order chi connectivity index (χ0) is 10.4. The first-order chi connectivity index (χ1) is 5.95. The number of carbonyl (C=O) groups excluding carboxylic acids is 1. The number of nitrogens with zero attached hydrogens (tertiary/aromatic N) is 4. The summed E-state index contributed by atoms with van der Waals surface area (Å²) in [6.07, 6.45) is 0. The Bertz CT molecular complexity index is 202. The number of hydrogen-bond donors (Lipinski definition) is 0. The van der Waals surface area contributed by atoms with Crippen molar-refractivity contribution in [3.8, 4) is 0 Å². The van der Waals surface area contributed by atoms with Crippen LogP contribution in [0, 0.1) is 5.21 Å². The van der Waals surface area contributed by atoms with Gasteiger partial charge in [-0.15, -0.1) is 0 Å². The van der Waals surface area contributed by atoms with Gasteiger partial charge in [0.25, 0.3) is 5.91 Å². The molecule has 0 aromatic rings. The van der Waals surface area contributed by atoms with Gasteiger partial charge < -0.3 is 14.9 Å². The Morgan fingerprint density at radius 3 is 2.38 bits per heavy atom. The van der Waals surface area contributed by atoms with E-state index < -0.39 is 0 Å². The molecule has 0 spiro atoms. The van der Waals surface area contributed by atoms with Gasteiger partial charge in [0.2, 0.25) is 11.9 Å². The van der Waals surface area contributed by atoms with Crippen molar-refractivity contribution in [3.63, 3.8) is 0 Å². The van der Waals surface area contributed by atoms with Gasteiger partial charge in [0.05, 0.1) is 19.1 Å². The van der Waals surface area contributed by atoms with Crippen molar-refractivity contribution in [1.82, 2.24) is 9.91 Å². The molecule has 7 nitrogen and oxygen atoms in total. The van der Waals surface area contributed by atoms with Crippen molar-refractivity contribution in [2.24, 2.45) is 5.28 Å². The van der Waals surface area contributed by atoms with Crippen molar-refractivity contribution in [3.05, 3.63) is 5.21 Å². The fourth-order valence-electron chi connectivity index (χ4n) is 0.336. The van der Waals surface area contributed by atoms with Gasteiger partial charge in [-0.1, -0.05) is 0 Å². The highest BCUT2D eigenvalue weighted by Gasteiger charge is 2.05. The van der Waals surface area contributed by atoms with Crippen LogP contribution >= 0.6 is 0 Å². The number of amides is 1. The fourth-order valence-corrected chi connectivity index (χ4v) is 0.336. The highest BCUT2D eigenvalue weighted by molar-refractivity contribution is 5.76. The van der Waals surface area contributed by atoms with E-state index >= 15 is 0 Å². The van der Waals surface area contributed by atoms with E-state index in [2.05, 4.69) is 10.1 Å². The first kappa shape index (κ1) is 11.5. The van der Waals surface area contributed by atoms with E-state index in [4.69, 9.17) is 0 Å². The zero-order valence-corrected chi connectivity index (χ0v) is 8.22. The Labute approximate surface area is 76.7 Å². The van der Waals surface area contributed by atoms with Gasteiger partial charge >= 0.3 is 0 Å². The quantitative estimate of drug-likeness (QED) is 0.338. The molecule has 0 aliphatic carbocycles. The van der Waals surface area contributed by atoms with Crippen LogP contribution < -0.4 is 0 Å². The van der Waals surface area contributed by atoms with E-state index in [1.165, 1.54) is 24.0 Å². The molecule has 0 fully saturated rings. The molecule has 7 heteroatoms. The highest BCUT2D eigenvalue weighted by Crippen LogP contribution is 1.85. The number of hydrazine groups is 1.